The minimum Gasteiger partial charge on any atom is -0.395 e. The average Bonchev–Trinajstić information content (AvgIpc) is 2.77. The van der Waals surface area contributed by atoms with Crippen LogP contribution in [0.15, 0.2) is 18.2 Å². The van der Waals surface area contributed by atoms with E-state index in [0.29, 0.717) is 11.6 Å². The summed E-state index contributed by atoms with van der Waals surface area (Å²) in [5, 5.41) is 9.75. The van der Waals surface area contributed by atoms with E-state index in [1.54, 1.807) is 0 Å². The van der Waals surface area contributed by atoms with E-state index < -0.39 is 0 Å². The number of aromatic nitrogens is 2. The SMILES string of the molecule is CCN(CCO)C(C)c1nc2ccc(Cl)cc2[nH]1. The first kappa shape index (κ1) is 13.3. The van der Waals surface area contributed by atoms with Gasteiger partial charge in [-0.1, -0.05) is 18.5 Å². The number of nitrogens with one attached hydrogen (secondary N) is 1. The second-order valence-corrected chi connectivity index (χ2v) is 4.75. The molecule has 18 heavy (non-hydrogen) atoms. The van der Waals surface area contributed by atoms with Gasteiger partial charge in [0.25, 0.3) is 0 Å². The van der Waals surface area contributed by atoms with Gasteiger partial charge in [-0.05, 0) is 31.7 Å². The van der Waals surface area contributed by atoms with Crippen LogP contribution in [-0.4, -0.2) is 39.7 Å². The summed E-state index contributed by atoms with van der Waals surface area (Å²) in [4.78, 5) is 10.0. The lowest BCUT2D eigenvalue weighted by molar-refractivity contribution is 0.161. The van der Waals surface area contributed by atoms with E-state index in [1.165, 1.54) is 0 Å². The third-order valence-corrected chi connectivity index (χ3v) is 3.43. The van der Waals surface area contributed by atoms with Crippen molar-refractivity contribution in [2.45, 2.75) is 19.9 Å². The molecule has 2 rings (SSSR count). The van der Waals surface area contributed by atoms with Gasteiger partial charge in [0.2, 0.25) is 0 Å². The molecule has 1 heterocycles. The highest BCUT2D eigenvalue weighted by atomic mass is 35.5. The van der Waals surface area contributed by atoms with Crippen molar-refractivity contribution >= 4 is 22.6 Å². The topological polar surface area (TPSA) is 52.1 Å². The van der Waals surface area contributed by atoms with Gasteiger partial charge in [0.15, 0.2) is 0 Å². The van der Waals surface area contributed by atoms with Crippen molar-refractivity contribution in [3.63, 3.8) is 0 Å². The maximum atomic E-state index is 9.05. The Hall–Kier alpha value is -1.10. The van der Waals surface area contributed by atoms with Gasteiger partial charge in [-0.25, -0.2) is 4.98 Å². The monoisotopic (exact) mass is 267 g/mol. The number of benzene rings is 1. The second kappa shape index (κ2) is 5.69. The molecule has 1 aromatic heterocycles. The average molecular weight is 268 g/mol. The smallest absolute Gasteiger partial charge is 0.124 e. The molecule has 0 spiro atoms. The first-order valence-corrected chi connectivity index (χ1v) is 6.53. The summed E-state index contributed by atoms with van der Waals surface area (Å²) >= 11 is 5.96. The Morgan fingerprint density at radius 1 is 1.50 bits per heavy atom. The van der Waals surface area contributed by atoms with E-state index in [0.717, 1.165) is 23.4 Å². The highest BCUT2D eigenvalue weighted by Gasteiger charge is 2.17. The molecule has 5 heteroatoms. The van der Waals surface area contributed by atoms with Crippen molar-refractivity contribution in [2.24, 2.45) is 0 Å². The molecule has 0 saturated heterocycles. The van der Waals surface area contributed by atoms with Gasteiger partial charge < -0.3 is 10.1 Å². The molecule has 0 fully saturated rings. The minimum absolute atomic E-state index is 0.147. The van der Waals surface area contributed by atoms with Crippen LogP contribution >= 0.6 is 11.6 Å². The van der Waals surface area contributed by atoms with Crippen LogP contribution in [0.5, 0.6) is 0 Å². The van der Waals surface area contributed by atoms with Crippen molar-refractivity contribution in [1.82, 2.24) is 14.9 Å². The fourth-order valence-corrected chi connectivity index (χ4v) is 2.30. The van der Waals surface area contributed by atoms with Crippen molar-refractivity contribution < 1.29 is 5.11 Å². The normalized spacial score (nSPS) is 13.4. The fourth-order valence-electron chi connectivity index (χ4n) is 2.13. The third kappa shape index (κ3) is 2.66. The van der Waals surface area contributed by atoms with E-state index in [2.05, 4.69) is 28.7 Å². The Balaban J connectivity index is 2.29. The van der Waals surface area contributed by atoms with Gasteiger partial charge >= 0.3 is 0 Å². The number of fused-ring (bicyclic) bond motifs is 1. The molecule has 0 aliphatic carbocycles. The Morgan fingerprint density at radius 2 is 2.28 bits per heavy atom. The lowest BCUT2D eigenvalue weighted by Crippen LogP contribution is -2.30. The summed E-state index contributed by atoms with van der Waals surface area (Å²) < 4.78 is 0. The van der Waals surface area contributed by atoms with Crippen LogP contribution in [0.4, 0.5) is 0 Å². The zero-order valence-corrected chi connectivity index (χ0v) is 11.4. The maximum absolute atomic E-state index is 9.05. The lowest BCUT2D eigenvalue weighted by atomic mass is 10.2. The molecular formula is C13H18ClN3O. The Morgan fingerprint density at radius 3 is 2.94 bits per heavy atom. The highest BCUT2D eigenvalue weighted by molar-refractivity contribution is 6.31. The van der Waals surface area contributed by atoms with Crippen LogP contribution in [0, 0.1) is 0 Å². The molecule has 0 amide bonds. The van der Waals surface area contributed by atoms with Crippen LogP contribution in [-0.2, 0) is 0 Å². The quantitative estimate of drug-likeness (QED) is 0.876. The summed E-state index contributed by atoms with van der Waals surface area (Å²) in [7, 11) is 0. The number of likely N-dealkylation sites (N-methyl/N-ethyl adjacent to an activating group) is 1. The van der Waals surface area contributed by atoms with Crippen LogP contribution in [0.3, 0.4) is 0 Å². The third-order valence-electron chi connectivity index (χ3n) is 3.20. The van der Waals surface area contributed by atoms with Crippen LogP contribution in [0.2, 0.25) is 5.02 Å². The number of aromatic amines is 1. The van der Waals surface area contributed by atoms with E-state index in [4.69, 9.17) is 16.7 Å². The molecule has 98 valence electrons. The van der Waals surface area contributed by atoms with Gasteiger partial charge in [0.1, 0.15) is 5.82 Å². The molecule has 1 atom stereocenters. The number of aliphatic hydroxyl groups is 1. The largest absolute Gasteiger partial charge is 0.395 e. The number of hydrogen-bond donors (Lipinski definition) is 2. The number of nitrogens with zero attached hydrogens (tertiary/aromatic N) is 2. The van der Waals surface area contributed by atoms with Crippen LogP contribution < -0.4 is 0 Å². The summed E-state index contributed by atoms with van der Waals surface area (Å²) in [6, 6.07) is 5.77. The van der Waals surface area contributed by atoms with Crippen molar-refractivity contribution in [1.29, 1.82) is 0 Å². The van der Waals surface area contributed by atoms with Crippen LogP contribution in [0.1, 0.15) is 25.7 Å². The van der Waals surface area contributed by atoms with Gasteiger partial charge in [0.05, 0.1) is 23.7 Å². The fraction of sp³-hybridized carbons (Fsp3) is 0.462. The molecule has 0 aliphatic rings. The number of imidazole rings is 1. The summed E-state index contributed by atoms with van der Waals surface area (Å²) in [5.41, 5.74) is 1.87. The lowest BCUT2D eigenvalue weighted by Gasteiger charge is -2.25. The molecule has 4 nitrogen and oxygen atoms in total. The summed E-state index contributed by atoms with van der Waals surface area (Å²) in [6.07, 6.45) is 0. The van der Waals surface area contributed by atoms with Gasteiger partial charge in [0, 0.05) is 11.6 Å². The second-order valence-electron chi connectivity index (χ2n) is 4.31. The molecule has 2 N–H and O–H groups in total. The van der Waals surface area contributed by atoms with Crippen molar-refractivity contribution in [3.8, 4) is 0 Å². The first-order chi connectivity index (χ1) is 8.65. The van der Waals surface area contributed by atoms with Crippen molar-refractivity contribution in [3.05, 3.63) is 29.0 Å². The van der Waals surface area contributed by atoms with Gasteiger partial charge in [-0.2, -0.15) is 0 Å². The molecule has 0 radical (unpaired) electrons. The van der Waals surface area contributed by atoms with E-state index in [-0.39, 0.29) is 12.6 Å². The van der Waals surface area contributed by atoms with Crippen LogP contribution in [0.25, 0.3) is 11.0 Å². The van der Waals surface area contributed by atoms with Crippen molar-refractivity contribution in [2.75, 3.05) is 19.7 Å². The zero-order chi connectivity index (χ0) is 13.1. The molecule has 0 saturated carbocycles. The number of H-pyrrole nitrogens is 1. The molecule has 0 aliphatic heterocycles. The Labute approximate surface area is 112 Å². The van der Waals surface area contributed by atoms with E-state index in [9.17, 15) is 0 Å². The number of rotatable bonds is 5. The van der Waals surface area contributed by atoms with Gasteiger partial charge in [-0.15, -0.1) is 0 Å². The Kier molecular flexibility index (Phi) is 4.22. The Bertz CT molecular complexity index is 526. The maximum Gasteiger partial charge on any atom is 0.124 e. The number of hydrogen-bond acceptors (Lipinski definition) is 3. The molecule has 1 unspecified atom stereocenters. The predicted octanol–water partition coefficient (Wildman–Crippen LogP) is 2.59. The zero-order valence-electron chi connectivity index (χ0n) is 10.7. The molecule has 0 bridgehead atoms. The molecule has 1 aromatic carbocycles. The number of halogens is 1. The summed E-state index contributed by atoms with van der Waals surface area (Å²) in [5.74, 6) is 0.905. The predicted molar refractivity (Wildman–Crippen MR) is 73.9 cm³/mol. The van der Waals surface area contributed by atoms with E-state index >= 15 is 0 Å². The number of aliphatic hydroxyl groups excluding tert-OH is 1. The first-order valence-electron chi connectivity index (χ1n) is 6.15. The minimum atomic E-state index is 0.147. The molecule has 2 aromatic rings. The molecular weight excluding hydrogens is 250 g/mol. The van der Waals surface area contributed by atoms with E-state index in [1.807, 2.05) is 18.2 Å². The standard InChI is InChI=1S/C13H18ClN3O/c1-3-17(6-7-18)9(2)13-15-11-5-4-10(14)8-12(11)16-13/h4-5,8-9,18H,3,6-7H2,1-2H3,(H,15,16). The van der Waals surface area contributed by atoms with Gasteiger partial charge in [-0.3, -0.25) is 4.90 Å². The summed E-state index contributed by atoms with van der Waals surface area (Å²) in [6.45, 7) is 5.84. The highest BCUT2D eigenvalue weighted by Crippen LogP contribution is 2.22.